The standard InChI is InChI=1S/C24H35NO5/c26-19(12-8-11-18-9-4-3-5-10-18)15-16-20-21(23(27)17-22(20)25-30)13-6-1-2-7-14-24(28)29/h1,3-6,9-10,19-23,26-27H,2,7-8,11-17H2,(H,28,29)/t19?,20-,21-,22?,23+/m1/s1. The van der Waals surface area contributed by atoms with E-state index in [0.717, 1.165) is 19.3 Å². The van der Waals surface area contributed by atoms with Crippen molar-refractivity contribution >= 4 is 5.97 Å². The Morgan fingerprint density at radius 1 is 1.13 bits per heavy atom. The van der Waals surface area contributed by atoms with Crippen molar-refractivity contribution in [3.05, 3.63) is 53.0 Å². The Morgan fingerprint density at radius 3 is 2.60 bits per heavy atom. The van der Waals surface area contributed by atoms with E-state index >= 15 is 0 Å². The maximum atomic E-state index is 11.3. The van der Waals surface area contributed by atoms with Gasteiger partial charge in [-0.2, -0.15) is 4.91 Å². The van der Waals surface area contributed by atoms with Gasteiger partial charge in [0.05, 0.1) is 18.2 Å². The number of hydrogen-bond acceptors (Lipinski definition) is 5. The predicted octanol–water partition coefficient (Wildman–Crippen LogP) is 4.48. The Morgan fingerprint density at radius 2 is 1.90 bits per heavy atom. The summed E-state index contributed by atoms with van der Waals surface area (Å²) in [5.74, 6) is -0.859. The van der Waals surface area contributed by atoms with Gasteiger partial charge >= 0.3 is 5.97 Å². The van der Waals surface area contributed by atoms with Crippen LogP contribution in [0.15, 0.2) is 47.7 Å². The molecule has 1 aliphatic carbocycles. The van der Waals surface area contributed by atoms with Gasteiger partial charge in [-0.3, -0.25) is 4.79 Å². The number of unbranched alkanes of at least 4 members (excludes halogenated alkanes) is 1. The van der Waals surface area contributed by atoms with Gasteiger partial charge in [-0.05, 0) is 75.2 Å². The van der Waals surface area contributed by atoms with Gasteiger partial charge in [-0.25, -0.2) is 0 Å². The number of aliphatic hydroxyl groups excluding tert-OH is 2. The SMILES string of the molecule is O=NC1C[C@H](O)[C@H](CC=CCCCC(=O)O)[C@H]1CCC(O)CCCc1ccccc1. The molecule has 2 rings (SSSR count). The van der Waals surface area contributed by atoms with E-state index in [1.165, 1.54) is 5.56 Å². The molecule has 0 radical (unpaired) electrons. The first kappa shape index (κ1) is 24.2. The summed E-state index contributed by atoms with van der Waals surface area (Å²) in [5.41, 5.74) is 1.27. The Bertz CT molecular complexity index is 663. The van der Waals surface area contributed by atoms with Crippen LogP contribution in [0.5, 0.6) is 0 Å². The summed E-state index contributed by atoms with van der Waals surface area (Å²) in [7, 11) is 0. The lowest BCUT2D eigenvalue weighted by molar-refractivity contribution is -0.137. The predicted molar refractivity (Wildman–Crippen MR) is 117 cm³/mol. The molecule has 0 heterocycles. The molecular formula is C24H35NO5. The Kier molecular flexibility index (Phi) is 10.7. The molecule has 6 nitrogen and oxygen atoms in total. The third kappa shape index (κ3) is 8.36. The van der Waals surface area contributed by atoms with Crippen molar-refractivity contribution in [1.29, 1.82) is 0 Å². The number of carboxylic acids is 1. The summed E-state index contributed by atoms with van der Waals surface area (Å²) in [5, 5.41) is 32.7. The Balaban J connectivity index is 1.76. The molecule has 0 aromatic heterocycles. The molecule has 1 saturated carbocycles. The van der Waals surface area contributed by atoms with Crippen molar-refractivity contribution in [2.24, 2.45) is 17.0 Å². The highest BCUT2D eigenvalue weighted by Crippen LogP contribution is 2.40. The topological polar surface area (TPSA) is 107 Å². The second-order valence-corrected chi connectivity index (χ2v) is 8.41. The molecule has 0 spiro atoms. The summed E-state index contributed by atoms with van der Waals surface area (Å²) in [6.45, 7) is 0. The maximum absolute atomic E-state index is 11.3. The van der Waals surface area contributed by atoms with Crippen LogP contribution in [-0.4, -0.2) is 39.5 Å². The highest BCUT2D eigenvalue weighted by atomic mass is 16.4. The van der Waals surface area contributed by atoms with Crippen molar-refractivity contribution in [2.45, 2.75) is 82.5 Å². The van der Waals surface area contributed by atoms with Gasteiger partial charge in [0.1, 0.15) is 0 Å². The number of nitroso groups, excluding NO2 is 1. The van der Waals surface area contributed by atoms with Crippen LogP contribution in [0, 0.1) is 16.7 Å². The highest BCUT2D eigenvalue weighted by Gasteiger charge is 2.42. The number of allylic oxidation sites excluding steroid dienone is 2. The zero-order chi connectivity index (χ0) is 21.8. The molecular weight excluding hydrogens is 382 g/mol. The lowest BCUT2D eigenvalue weighted by Gasteiger charge is -2.23. The number of aliphatic carboxylic acids is 1. The van der Waals surface area contributed by atoms with Crippen LogP contribution >= 0.6 is 0 Å². The molecule has 5 atom stereocenters. The van der Waals surface area contributed by atoms with Gasteiger partial charge in [-0.15, -0.1) is 0 Å². The van der Waals surface area contributed by atoms with Crippen molar-refractivity contribution in [2.75, 3.05) is 0 Å². The minimum atomic E-state index is -0.795. The summed E-state index contributed by atoms with van der Waals surface area (Å²) < 4.78 is 0. The molecule has 3 N–H and O–H groups in total. The third-order valence-corrected chi connectivity index (χ3v) is 6.17. The van der Waals surface area contributed by atoms with E-state index < -0.39 is 24.2 Å². The minimum Gasteiger partial charge on any atom is -0.481 e. The first-order chi connectivity index (χ1) is 14.5. The first-order valence-electron chi connectivity index (χ1n) is 11.1. The fourth-order valence-corrected chi connectivity index (χ4v) is 4.49. The van der Waals surface area contributed by atoms with Crippen molar-refractivity contribution in [3.63, 3.8) is 0 Å². The molecule has 1 fully saturated rings. The fraction of sp³-hybridized carbons (Fsp3) is 0.625. The molecule has 0 amide bonds. The molecule has 0 aliphatic heterocycles. The van der Waals surface area contributed by atoms with Gasteiger partial charge in [0.15, 0.2) is 0 Å². The molecule has 2 unspecified atom stereocenters. The summed E-state index contributed by atoms with van der Waals surface area (Å²) in [6.07, 6.45) is 9.28. The molecule has 166 valence electrons. The summed E-state index contributed by atoms with van der Waals surface area (Å²) in [4.78, 5) is 21.8. The smallest absolute Gasteiger partial charge is 0.303 e. The van der Waals surface area contributed by atoms with Crippen LogP contribution in [0.25, 0.3) is 0 Å². The van der Waals surface area contributed by atoms with E-state index in [4.69, 9.17) is 5.11 Å². The van der Waals surface area contributed by atoms with E-state index in [2.05, 4.69) is 17.3 Å². The molecule has 30 heavy (non-hydrogen) atoms. The van der Waals surface area contributed by atoms with Gasteiger partial charge in [0, 0.05) is 6.42 Å². The lowest BCUT2D eigenvalue weighted by atomic mass is 9.85. The van der Waals surface area contributed by atoms with E-state index in [-0.39, 0.29) is 18.3 Å². The monoisotopic (exact) mass is 417 g/mol. The summed E-state index contributed by atoms with van der Waals surface area (Å²) in [6, 6.07) is 9.81. The van der Waals surface area contributed by atoms with Gasteiger partial charge in [-0.1, -0.05) is 47.7 Å². The number of nitrogens with zero attached hydrogens (tertiary/aromatic N) is 1. The van der Waals surface area contributed by atoms with Gasteiger partial charge < -0.3 is 15.3 Å². The first-order valence-corrected chi connectivity index (χ1v) is 11.1. The third-order valence-electron chi connectivity index (χ3n) is 6.17. The van der Waals surface area contributed by atoms with Crippen LogP contribution < -0.4 is 0 Å². The molecule has 1 aromatic rings. The van der Waals surface area contributed by atoms with Crippen LogP contribution in [0.1, 0.15) is 63.4 Å². The van der Waals surface area contributed by atoms with Crippen LogP contribution in [-0.2, 0) is 11.2 Å². The Hall–Kier alpha value is -2.05. The lowest BCUT2D eigenvalue weighted by Crippen LogP contribution is -2.23. The van der Waals surface area contributed by atoms with Gasteiger partial charge in [0.25, 0.3) is 0 Å². The summed E-state index contributed by atoms with van der Waals surface area (Å²) >= 11 is 0. The number of rotatable bonds is 14. The molecule has 0 bridgehead atoms. The molecule has 0 saturated heterocycles. The zero-order valence-electron chi connectivity index (χ0n) is 17.6. The number of benzene rings is 1. The average molecular weight is 418 g/mol. The molecule has 1 aliphatic rings. The van der Waals surface area contributed by atoms with E-state index in [0.29, 0.717) is 38.5 Å². The number of aryl methyl sites for hydroxylation is 1. The number of carbonyl (C=O) groups is 1. The van der Waals surface area contributed by atoms with Gasteiger partial charge in [0.2, 0.25) is 0 Å². The Labute approximate surface area is 179 Å². The van der Waals surface area contributed by atoms with Crippen molar-refractivity contribution in [3.8, 4) is 0 Å². The quantitative estimate of drug-likeness (QED) is 0.235. The van der Waals surface area contributed by atoms with E-state index in [9.17, 15) is 19.9 Å². The second kappa shape index (κ2) is 13.3. The zero-order valence-corrected chi connectivity index (χ0v) is 17.6. The van der Waals surface area contributed by atoms with Crippen molar-refractivity contribution in [1.82, 2.24) is 0 Å². The van der Waals surface area contributed by atoms with E-state index in [1.54, 1.807) is 0 Å². The number of aliphatic hydroxyl groups is 2. The van der Waals surface area contributed by atoms with E-state index in [1.807, 2.05) is 30.4 Å². The number of carboxylic acid groups (broad SMARTS) is 1. The molecule has 1 aromatic carbocycles. The normalized spacial score (nSPS) is 24.9. The van der Waals surface area contributed by atoms with Crippen LogP contribution in [0.3, 0.4) is 0 Å². The fourth-order valence-electron chi connectivity index (χ4n) is 4.49. The average Bonchev–Trinajstić information content (AvgIpc) is 3.04. The minimum absolute atomic E-state index is 0.0232. The maximum Gasteiger partial charge on any atom is 0.303 e. The van der Waals surface area contributed by atoms with Crippen LogP contribution in [0.2, 0.25) is 0 Å². The van der Waals surface area contributed by atoms with Crippen LogP contribution in [0.4, 0.5) is 0 Å². The van der Waals surface area contributed by atoms with Crippen molar-refractivity contribution < 1.29 is 20.1 Å². The largest absolute Gasteiger partial charge is 0.481 e. The second-order valence-electron chi connectivity index (χ2n) is 8.41. The highest BCUT2D eigenvalue weighted by molar-refractivity contribution is 5.66. The molecule has 6 heteroatoms. The number of hydrogen-bond donors (Lipinski definition) is 3.